The minimum absolute atomic E-state index is 0.0529. The molecular weight excluding hydrogens is 265 g/mol. The molecule has 0 amide bonds. The van der Waals surface area contributed by atoms with Gasteiger partial charge in [0, 0.05) is 35.8 Å². The lowest BCUT2D eigenvalue weighted by molar-refractivity contribution is 0.627. The van der Waals surface area contributed by atoms with E-state index in [4.69, 9.17) is 17.3 Å². The van der Waals surface area contributed by atoms with Gasteiger partial charge in [-0.05, 0) is 30.7 Å². The van der Waals surface area contributed by atoms with Crippen LogP contribution in [0.15, 0.2) is 30.5 Å². The summed E-state index contributed by atoms with van der Waals surface area (Å²) in [7, 11) is 0. The summed E-state index contributed by atoms with van der Waals surface area (Å²) in [5.74, 6) is 0.312. The van der Waals surface area contributed by atoms with Crippen LogP contribution in [0.4, 0.5) is 4.39 Å². The van der Waals surface area contributed by atoms with Crippen molar-refractivity contribution in [2.75, 3.05) is 0 Å². The Labute approximate surface area is 116 Å². The van der Waals surface area contributed by atoms with Crippen LogP contribution >= 0.6 is 11.6 Å². The fourth-order valence-corrected chi connectivity index (χ4v) is 2.04. The molecule has 0 aliphatic rings. The van der Waals surface area contributed by atoms with E-state index in [1.54, 1.807) is 12.3 Å². The van der Waals surface area contributed by atoms with Crippen molar-refractivity contribution in [1.29, 1.82) is 0 Å². The van der Waals surface area contributed by atoms with Gasteiger partial charge in [-0.1, -0.05) is 17.7 Å². The molecule has 0 fully saturated rings. The predicted octanol–water partition coefficient (Wildman–Crippen LogP) is 2.75. The minimum Gasteiger partial charge on any atom is -0.328 e. The number of nitrogens with two attached hydrogens (primary N) is 1. The first-order valence-electron chi connectivity index (χ1n) is 6.05. The lowest BCUT2D eigenvalue weighted by atomic mass is 10.1. The second-order valence-electron chi connectivity index (χ2n) is 4.56. The third kappa shape index (κ3) is 3.98. The second kappa shape index (κ2) is 6.08. The fourth-order valence-electron chi connectivity index (χ4n) is 1.81. The summed E-state index contributed by atoms with van der Waals surface area (Å²) in [5, 5.41) is 0.390. The molecule has 0 aliphatic heterocycles. The Bertz CT molecular complexity index is 572. The Hall–Kier alpha value is -1.52. The van der Waals surface area contributed by atoms with Gasteiger partial charge in [-0.3, -0.25) is 0 Å². The fraction of sp³-hybridized carbons (Fsp3) is 0.286. The quantitative estimate of drug-likeness (QED) is 0.936. The van der Waals surface area contributed by atoms with Crippen LogP contribution in [0.5, 0.6) is 0 Å². The van der Waals surface area contributed by atoms with Crippen LogP contribution in [0.3, 0.4) is 0 Å². The molecule has 5 heteroatoms. The van der Waals surface area contributed by atoms with Gasteiger partial charge in [-0.15, -0.1) is 0 Å². The molecule has 0 bridgehead atoms. The molecule has 0 aliphatic carbocycles. The van der Waals surface area contributed by atoms with Crippen LogP contribution in [0.2, 0.25) is 5.02 Å². The normalized spacial score (nSPS) is 12.4. The number of rotatable bonds is 4. The van der Waals surface area contributed by atoms with Crippen molar-refractivity contribution >= 4 is 11.6 Å². The van der Waals surface area contributed by atoms with Gasteiger partial charge in [-0.2, -0.15) is 0 Å². The Morgan fingerprint density at radius 1 is 1.37 bits per heavy atom. The van der Waals surface area contributed by atoms with Crippen LogP contribution < -0.4 is 5.73 Å². The van der Waals surface area contributed by atoms with E-state index in [-0.39, 0.29) is 11.9 Å². The first-order chi connectivity index (χ1) is 9.04. The van der Waals surface area contributed by atoms with E-state index < -0.39 is 0 Å². The Morgan fingerprint density at radius 2 is 2.16 bits per heavy atom. The second-order valence-corrected chi connectivity index (χ2v) is 4.97. The lowest BCUT2D eigenvalue weighted by Crippen LogP contribution is -2.19. The minimum atomic E-state index is -0.347. The van der Waals surface area contributed by atoms with Crippen LogP contribution in [0.1, 0.15) is 24.0 Å². The molecule has 1 atom stereocenters. The van der Waals surface area contributed by atoms with Gasteiger partial charge in [-0.25, -0.2) is 14.4 Å². The van der Waals surface area contributed by atoms with E-state index in [9.17, 15) is 4.39 Å². The lowest BCUT2D eigenvalue weighted by Gasteiger charge is -2.07. The Balaban J connectivity index is 2.18. The molecule has 19 heavy (non-hydrogen) atoms. The molecule has 0 spiro atoms. The molecule has 1 heterocycles. The van der Waals surface area contributed by atoms with Crippen molar-refractivity contribution in [1.82, 2.24) is 9.97 Å². The van der Waals surface area contributed by atoms with E-state index in [1.807, 2.05) is 13.0 Å². The highest BCUT2D eigenvalue weighted by molar-refractivity contribution is 6.31. The summed E-state index contributed by atoms with van der Waals surface area (Å²) in [6.07, 6.45) is 2.88. The third-order valence-corrected chi connectivity index (χ3v) is 3.01. The molecule has 3 nitrogen and oxygen atoms in total. The van der Waals surface area contributed by atoms with Gasteiger partial charge < -0.3 is 5.73 Å². The monoisotopic (exact) mass is 279 g/mol. The Morgan fingerprint density at radius 3 is 2.84 bits per heavy atom. The summed E-state index contributed by atoms with van der Waals surface area (Å²) in [5.41, 5.74) is 7.45. The zero-order chi connectivity index (χ0) is 13.8. The molecule has 2 aromatic rings. The number of hydrogen-bond acceptors (Lipinski definition) is 3. The third-order valence-electron chi connectivity index (χ3n) is 2.66. The molecule has 1 unspecified atom stereocenters. The van der Waals surface area contributed by atoms with Gasteiger partial charge in [0.15, 0.2) is 0 Å². The van der Waals surface area contributed by atoms with E-state index in [2.05, 4.69) is 9.97 Å². The summed E-state index contributed by atoms with van der Waals surface area (Å²) in [4.78, 5) is 8.63. The zero-order valence-electron chi connectivity index (χ0n) is 10.6. The average molecular weight is 280 g/mol. The van der Waals surface area contributed by atoms with Crippen molar-refractivity contribution in [2.24, 2.45) is 5.73 Å². The zero-order valence-corrected chi connectivity index (χ0v) is 11.4. The summed E-state index contributed by atoms with van der Waals surface area (Å²) in [6, 6.07) is 6.23. The van der Waals surface area contributed by atoms with E-state index in [1.165, 1.54) is 12.1 Å². The van der Waals surface area contributed by atoms with E-state index in [0.29, 0.717) is 23.7 Å². The first-order valence-corrected chi connectivity index (χ1v) is 6.42. The molecule has 0 saturated carbocycles. The predicted molar refractivity (Wildman–Crippen MR) is 73.6 cm³/mol. The number of halogens is 2. The van der Waals surface area contributed by atoms with Gasteiger partial charge in [0.25, 0.3) is 0 Å². The molecule has 0 radical (unpaired) electrons. The summed E-state index contributed by atoms with van der Waals surface area (Å²) in [6.45, 7) is 1.93. The highest BCUT2D eigenvalue weighted by atomic mass is 35.5. The average Bonchev–Trinajstić information content (AvgIpc) is 2.32. The number of hydrogen-bond donors (Lipinski definition) is 1. The maximum Gasteiger partial charge on any atom is 0.132 e. The summed E-state index contributed by atoms with van der Waals surface area (Å²) < 4.78 is 13.0. The van der Waals surface area contributed by atoms with Gasteiger partial charge in [0.1, 0.15) is 11.6 Å². The maximum absolute atomic E-state index is 13.0. The molecule has 100 valence electrons. The molecule has 1 aromatic heterocycles. The largest absolute Gasteiger partial charge is 0.328 e. The molecular formula is C14H15ClFN3. The molecule has 0 saturated heterocycles. The smallest absolute Gasteiger partial charge is 0.132 e. The van der Waals surface area contributed by atoms with Crippen LogP contribution in [-0.2, 0) is 12.8 Å². The van der Waals surface area contributed by atoms with Crippen molar-refractivity contribution in [3.8, 4) is 0 Å². The van der Waals surface area contributed by atoms with Crippen molar-refractivity contribution < 1.29 is 4.39 Å². The summed E-state index contributed by atoms with van der Waals surface area (Å²) >= 11 is 5.99. The van der Waals surface area contributed by atoms with Crippen LogP contribution in [-0.4, -0.2) is 16.0 Å². The molecule has 2 rings (SSSR count). The van der Waals surface area contributed by atoms with Gasteiger partial charge >= 0.3 is 0 Å². The van der Waals surface area contributed by atoms with Crippen molar-refractivity contribution in [2.45, 2.75) is 25.8 Å². The van der Waals surface area contributed by atoms with Crippen LogP contribution in [0, 0.1) is 5.82 Å². The van der Waals surface area contributed by atoms with Crippen molar-refractivity contribution in [3.63, 3.8) is 0 Å². The standard InChI is InChI=1S/C14H15ClFN3/c1-9(17)6-12-4-5-18-14(19-12)7-10-2-3-11(16)8-13(10)15/h2-5,8-9H,6-7,17H2,1H3. The van der Waals surface area contributed by atoms with E-state index in [0.717, 1.165) is 11.3 Å². The SMILES string of the molecule is CC(N)Cc1ccnc(Cc2ccc(F)cc2Cl)n1. The molecule has 2 N–H and O–H groups in total. The van der Waals surface area contributed by atoms with Gasteiger partial charge in [0.05, 0.1) is 0 Å². The number of nitrogens with zero attached hydrogens (tertiary/aromatic N) is 2. The maximum atomic E-state index is 13.0. The molecule has 1 aromatic carbocycles. The number of aromatic nitrogens is 2. The highest BCUT2D eigenvalue weighted by Crippen LogP contribution is 2.19. The van der Waals surface area contributed by atoms with Gasteiger partial charge in [0.2, 0.25) is 0 Å². The first kappa shape index (κ1) is 13.9. The van der Waals surface area contributed by atoms with Crippen LogP contribution in [0.25, 0.3) is 0 Å². The number of benzene rings is 1. The Kier molecular flexibility index (Phi) is 4.45. The van der Waals surface area contributed by atoms with E-state index >= 15 is 0 Å². The van der Waals surface area contributed by atoms with Crippen molar-refractivity contribution in [3.05, 3.63) is 58.4 Å². The highest BCUT2D eigenvalue weighted by Gasteiger charge is 2.07. The topological polar surface area (TPSA) is 51.8 Å².